The molecule has 1 fully saturated rings. The van der Waals surface area contributed by atoms with Crippen LogP contribution < -0.4 is 10.9 Å². The highest BCUT2D eigenvalue weighted by atomic mass is 16.3. The monoisotopic (exact) mass is 301 g/mol. The van der Waals surface area contributed by atoms with Crippen molar-refractivity contribution in [2.24, 2.45) is 0 Å². The SMILES string of the molecule is O=c1c2ccccc2ncn1CCCC[C@H]1NCCC[C@@H]1O. The lowest BCUT2D eigenvalue weighted by Gasteiger charge is -2.28. The first-order valence-electron chi connectivity index (χ1n) is 8.11. The van der Waals surface area contributed by atoms with E-state index in [0.29, 0.717) is 11.9 Å². The minimum atomic E-state index is -0.223. The van der Waals surface area contributed by atoms with Gasteiger partial charge in [0.2, 0.25) is 0 Å². The molecule has 118 valence electrons. The Morgan fingerprint density at radius 1 is 1.32 bits per heavy atom. The molecule has 0 unspecified atom stereocenters. The molecule has 3 rings (SSSR count). The number of fused-ring (bicyclic) bond motifs is 1. The van der Waals surface area contributed by atoms with Crippen molar-refractivity contribution in [3.63, 3.8) is 0 Å². The summed E-state index contributed by atoms with van der Waals surface area (Å²) in [5.41, 5.74) is 0.778. The Labute approximate surface area is 130 Å². The fourth-order valence-electron chi connectivity index (χ4n) is 3.14. The molecule has 2 atom stereocenters. The molecule has 5 heteroatoms. The van der Waals surface area contributed by atoms with E-state index in [0.717, 1.165) is 44.2 Å². The number of nitrogens with one attached hydrogen (secondary N) is 1. The number of para-hydroxylation sites is 1. The topological polar surface area (TPSA) is 67.2 Å². The van der Waals surface area contributed by atoms with Crippen molar-refractivity contribution in [3.05, 3.63) is 40.9 Å². The van der Waals surface area contributed by atoms with Crippen molar-refractivity contribution in [3.8, 4) is 0 Å². The summed E-state index contributed by atoms with van der Waals surface area (Å²) in [7, 11) is 0. The predicted octanol–water partition coefficient (Wildman–Crippen LogP) is 1.68. The van der Waals surface area contributed by atoms with E-state index in [1.165, 1.54) is 0 Å². The molecule has 0 saturated carbocycles. The molecule has 22 heavy (non-hydrogen) atoms. The van der Waals surface area contributed by atoms with Crippen LogP contribution in [0.2, 0.25) is 0 Å². The minimum absolute atomic E-state index is 0.0291. The van der Waals surface area contributed by atoms with Crippen LogP contribution in [-0.2, 0) is 6.54 Å². The molecule has 1 aromatic heterocycles. The van der Waals surface area contributed by atoms with Crippen LogP contribution in [-0.4, -0.2) is 33.3 Å². The summed E-state index contributed by atoms with van der Waals surface area (Å²) in [4.78, 5) is 16.7. The largest absolute Gasteiger partial charge is 0.392 e. The molecule has 1 aromatic carbocycles. The Morgan fingerprint density at radius 2 is 2.18 bits per heavy atom. The first-order chi connectivity index (χ1) is 10.8. The molecule has 0 bridgehead atoms. The molecular weight excluding hydrogens is 278 g/mol. The van der Waals surface area contributed by atoms with E-state index in [4.69, 9.17) is 0 Å². The first-order valence-corrected chi connectivity index (χ1v) is 8.11. The highest BCUT2D eigenvalue weighted by Gasteiger charge is 2.21. The fraction of sp³-hybridized carbons (Fsp3) is 0.529. The molecule has 1 saturated heterocycles. The van der Waals surface area contributed by atoms with Crippen molar-refractivity contribution in [2.45, 2.75) is 50.8 Å². The van der Waals surface area contributed by atoms with Crippen LogP contribution in [0.5, 0.6) is 0 Å². The van der Waals surface area contributed by atoms with Crippen molar-refractivity contribution < 1.29 is 5.11 Å². The number of hydrogen-bond acceptors (Lipinski definition) is 4. The van der Waals surface area contributed by atoms with Crippen LogP contribution in [0.25, 0.3) is 10.9 Å². The van der Waals surface area contributed by atoms with Gasteiger partial charge < -0.3 is 10.4 Å². The third kappa shape index (κ3) is 3.36. The molecule has 1 aliphatic heterocycles. The molecule has 2 heterocycles. The van der Waals surface area contributed by atoms with Crippen molar-refractivity contribution >= 4 is 10.9 Å². The van der Waals surface area contributed by atoms with Gasteiger partial charge in [-0.1, -0.05) is 18.6 Å². The Kier molecular flexibility index (Phi) is 4.85. The van der Waals surface area contributed by atoms with Crippen LogP contribution >= 0.6 is 0 Å². The normalized spacial score (nSPS) is 22.0. The number of aliphatic hydroxyl groups excluding tert-OH is 1. The van der Waals surface area contributed by atoms with E-state index < -0.39 is 0 Å². The second kappa shape index (κ2) is 7.03. The van der Waals surface area contributed by atoms with Crippen LogP contribution in [0, 0.1) is 0 Å². The Hall–Kier alpha value is -1.72. The van der Waals surface area contributed by atoms with Crippen LogP contribution in [0.15, 0.2) is 35.4 Å². The van der Waals surface area contributed by atoms with Gasteiger partial charge in [-0.3, -0.25) is 9.36 Å². The summed E-state index contributed by atoms with van der Waals surface area (Å²) < 4.78 is 1.69. The third-order valence-corrected chi connectivity index (χ3v) is 4.44. The Balaban J connectivity index is 1.55. The average molecular weight is 301 g/mol. The lowest BCUT2D eigenvalue weighted by molar-refractivity contribution is 0.0910. The lowest BCUT2D eigenvalue weighted by atomic mass is 9.97. The summed E-state index contributed by atoms with van der Waals surface area (Å²) in [6.45, 7) is 1.68. The number of nitrogens with zero attached hydrogens (tertiary/aromatic N) is 2. The molecule has 0 radical (unpaired) electrons. The zero-order valence-corrected chi connectivity index (χ0v) is 12.7. The van der Waals surface area contributed by atoms with Gasteiger partial charge in [0.25, 0.3) is 5.56 Å². The second-order valence-corrected chi connectivity index (χ2v) is 6.03. The molecule has 5 nitrogen and oxygen atoms in total. The number of hydrogen-bond donors (Lipinski definition) is 2. The van der Waals surface area contributed by atoms with E-state index in [2.05, 4.69) is 10.3 Å². The van der Waals surface area contributed by atoms with Crippen molar-refractivity contribution in [2.75, 3.05) is 6.54 Å². The van der Waals surface area contributed by atoms with Crippen molar-refractivity contribution in [1.82, 2.24) is 14.9 Å². The van der Waals surface area contributed by atoms with Gasteiger partial charge in [-0.25, -0.2) is 4.98 Å². The zero-order valence-electron chi connectivity index (χ0n) is 12.7. The number of rotatable bonds is 5. The van der Waals surface area contributed by atoms with Crippen LogP contribution in [0.3, 0.4) is 0 Å². The molecule has 1 aliphatic rings. The van der Waals surface area contributed by atoms with Gasteiger partial charge in [0, 0.05) is 12.6 Å². The van der Waals surface area contributed by atoms with Gasteiger partial charge >= 0.3 is 0 Å². The number of benzene rings is 1. The molecule has 2 aromatic rings. The highest BCUT2D eigenvalue weighted by Crippen LogP contribution is 2.14. The molecule has 0 amide bonds. The second-order valence-electron chi connectivity index (χ2n) is 6.03. The van der Waals surface area contributed by atoms with Gasteiger partial charge in [0.15, 0.2) is 0 Å². The van der Waals surface area contributed by atoms with Crippen LogP contribution in [0.1, 0.15) is 32.1 Å². The lowest BCUT2D eigenvalue weighted by Crippen LogP contribution is -2.44. The summed E-state index contributed by atoms with van der Waals surface area (Å²) in [5.74, 6) is 0. The zero-order chi connectivity index (χ0) is 15.4. The van der Waals surface area contributed by atoms with Gasteiger partial charge in [-0.2, -0.15) is 0 Å². The number of aryl methyl sites for hydroxylation is 1. The third-order valence-electron chi connectivity index (χ3n) is 4.44. The Bertz CT molecular complexity index is 683. The smallest absolute Gasteiger partial charge is 0.261 e. The summed E-state index contributed by atoms with van der Waals surface area (Å²) in [6, 6.07) is 7.65. The first kappa shape index (κ1) is 15.2. The number of piperidine rings is 1. The fourth-order valence-corrected chi connectivity index (χ4v) is 3.14. The number of unbranched alkanes of at least 4 members (excludes halogenated alkanes) is 1. The molecule has 0 aliphatic carbocycles. The maximum Gasteiger partial charge on any atom is 0.261 e. The maximum absolute atomic E-state index is 12.3. The molecule has 0 spiro atoms. The summed E-state index contributed by atoms with van der Waals surface area (Å²) >= 11 is 0. The van der Waals surface area contributed by atoms with Gasteiger partial charge in [0.1, 0.15) is 0 Å². The molecule has 2 N–H and O–H groups in total. The van der Waals surface area contributed by atoms with E-state index >= 15 is 0 Å². The van der Waals surface area contributed by atoms with Crippen molar-refractivity contribution in [1.29, 1.82) is 0 Å². The maximum atomic E-state index is 12.3. The standard InChI is InChI=1S/C17H23N3O2/c21-16-9-5-10-18-15(16)8-3-4-11-20-12-19-14-7-2-1-6-13(14)17(20)22/h1-2,6-7,12,15-16,18,21H,3-5,8-11H2/t15-,16+/m1/s1. The molecular formula is C17H23N3O2. The average Bonchev–Trinajstić information content (AvgIpc) is 2.55. The quantitative estimate of drug-likeness (QED) is 0.825. The van der Waals surface area contributed by atoms with E-state index in [1.807, 2.05) is 24.3 Å². The minimum Gasteiger partial charge on any atom is -0.392 e. The van der Waals surface area contributed by atoms with Gasteiger partial charge in [-0.15, -0.1) is 0 Å². The van der Waals surface area contributed by atoms with E-state index in [1.54, 1.807) is 10.9 Å². The number of aliphatic hydroxyl groups is 1. The van der Waals surface area contributed by atoms with Gasteiger partial charge in [-0.05, 0) is 44.4 Å². The summed E-state index contributed by atoms with van der Waals surface area (Å²) in [6.07, 6.45) is 6.23. The highest BCUT2D eigenvalue weighted by molar-refractivity contribution is 5.76. The van der Waals surface area contributed by atoms with E-state index in [-0.39, 0.29) is 17.7 Å². The van der Waals surface area contributed by atoms with Crippen LogP contribution in [0.4, 0.5) is 0 Å². The summed E-state index contributed by atoms with van der Waals surface area (Å²) in [5, 5.41) is 14.0. The van der Waals surface area contributed by atoms with E-state index in [9.17, 15) is 9.90 Å². The van der Waals surface area contributed by atoms with Gasteiger partial charge in [0.05, 0.1) is 23.3 Å². The predicted molar refractivity (Wildman–Crippen MR) is 86.9 cm³/mol. The Morgan fingerprint density at radius 3 is 3.05 bits per heavy atom. The number of aromatic nitrogens is 2.